The van der Waals surface area contributed by atoms with E-state index in [1.807, 2.05) is 15.9 Å². The van der Waals surface area contributed by atoms with Crippen molar-refractivity contribution >= 4 is 11.8 Å². The molecule has 7 heteroatoms. The highest BCUT2D eigenvalue weighted by Crippen LogP contribution is 2.31. The largest absolute Gasteiger partial charge is 0.368 e. The summed E-state index contributed by atoms with van der Waals surface area (Å²) in [6.07, 6.45) is 5.77. The predicted molar refractivity (Wildman–Crippen MR) is 111 cm³/mol. The minimum atomic E-state index is -0.257. The van der Waals surface area contributed by atoms with Gasteiger partial charge in [-0.15, -0.1) is 0 Å². The lowest BCUT2D eigenvalue weighted by molar-refractivity contribution is -0.142. The molecule has 1 aromatic heterocycles. The molecule has 2 saturated heterocycles. The molecule has 2 amide bonds. The maximum Gasteiger partial charge on any atom is 0.257 e. The van der Waals surface area contributed by atoms with Gasteiger partial charge in [-0.2, -0.15) is 5.10 Å². The van der Waals surface area contributed by atoms with E-state index in [1.54, 1.807) is 6.20 Å². The fraction of sp³-hybridized carbons (Fsp3) is 0.522. The number of aromatic amines is 1. The molecule has 4 heterocycles. The number of likely N-dealkylation sites (tertiary alicyclic amines) is 1. The summed E-state index contributed by atoms with van der Waals surface area (Å²) in [4.78, 5) is 29.7. The molecule has 158 valence electrons. The monoisotopic (exact) mass is 408 g/mol. The van der Waals surface area contributed by atoms with Gasteiger partial charge in [0.25, 0.3) is 11.8 Å². The summed E-state index contributed by atoms with van der Waals surface area (Å²) in [7, 11) is 0. The highest BCUT2D eigenvalue weighted by molar-refractivity contribution is 5.95. The number of nitrogens with zero attached hydrogens (tertiary/aromatic N) is 3. The van der Waals surface area contributed by atoms with Crippen LogP contribution in [0.1, 0.15) is 58.8 Å². The van der Waals surface area contributed by atoms with Gasteiger partial charge >= 0.3 is 0 Å². The van der Waals surface area contributed by atoms with Gasteiger partial charge in [0, 0.05) is 38.7 Å². The van der Waals surface area contributed by atoms with E-state index in [2.05, 4.69) is 28.4 Å². The van der Waals surface area contributed by atoms with Gasteiger partial charge in [0.15, 0.2) is 0 Å². The number of carbonyl (C=O) groups excluding carboxylic acids is 2. The zero-order chi connectivity index (χ0) is 20.5. The third-order valence-corrected chi connectivity index (χ3v) is 6.74. The fourth-order valence-electron chi connectivity index (χ4n) is 4.98. The molecule has 0 radical (unpaired) electrons. The molecule has 1 N–H and O–H groups in total. The van der Waals surface area contributed by atoms with Crippen LogP contribution in [0.2, 0.25) is 0 Å². The van der Waals surface area contributed by atoms with E-state index in [-0.39, 0.29) is 23.8 Å². The molecule has 0 unspecified atom stereocenters. The van der Waals surface area contributed by atoms with E-state index in [0.29, 0.717) is 31.8 Å². The van der Waals surface area contributed by atoms with Gasteiger partial charge in [0.1, 0.15) is 6.10 Å². The van der Waals surface area contributed by atoms with E-state index in [1.165, 1.54) is 11.1 Å². The lowest BCUT2D eigenvalue weighted by atomic mass is 9.90. The number of fused-ring (bicyclic) bond motifs is 1. The van der Waals surface area contributed by atoms with Crippen LogP contribution >= 0.6 is 0 Å². The Morgan fingerprint density at radius 3 is 2.60 bits per heavy atom. The molecule has 2 aromatic rings. The van der Waals surface area contributed by atoms with Crippen molar-refractivity contribution in [3.8, 4) is 0 Å². The van der Waals surface area contributed by atoms with Crippen molar-refractivity contribution in [2.45, 2.75) is 50.7 Å². The van der Waals surface area contributed by atoms with Crippen LogP contribution in [0.25, 0.3) is 0 Å². The van der Waals surface area contributed by atoms with E-state index < -0.39 is 0 Å². The number of rotatable bonds is 3. The number of benzene rings is 1. The molecule has 3 aliphatic heterocycles. The average Bonchev–Trinajstić information content (AvgIpc) is 3.50. The Kier molecular flexibility index (Phi) is 5.29. The molecule has 1 aromatic carbocycles. The number of aromatic nitrogens is 2. The van der Waals surface area contributed by atoms with Crippen LogP contribution in [0, 0.1) is 0 Å². The highest BCUT2D eigenvalue weighted by atomic mass is 16.5. The Hall–Kier alpha value is -2.67. The molecular weight excluding hydrogens is 380 g/mol. The van der Waals surface area contributed by atoms with Crippen LogP contribution in [-0.4, -0.2) is 64.2 Å². The second kappa shape index (κ2) is 8.22. The molecule has 7 nitrogen and oxygen atoms in total. The van der Waals surface area contributed by atoms with Crippen molar-refractivity contribution in [3.05, 3.63) is 52.8 Å². The van der Waals surface area contributed by atoms with Crippen LogP contribution < -0.4 is 0 Å². The van der Waals surface area contributed by atoms with Gasteiger partial charge in [0.2, 0.25) is 0 Å². The fourth-order valence-corrected chi connectivity index (χ4v) is 4.98. The topological polar surface area (TPSA) is 78.5 Å². The Morgan fingerprint density at radius 2 is 1.83 bits per heavy atom. The van der Waals surface area contributed by atoms with Crippen LogP contribution in [-0.2, 0) is 22.5 Å². The average molecular weight is 409 g/mol. The van der Waals surface area contributed by atoms with Crippen molar-refractivity contribution in [2.75, 3.05) is 26.2 Å². The normalized spacial score (nSPS) is 22.2. The van der Waals surface area contributed by atoms with Crippen molar-refractivity contribution in [1.29, 1.82) is 0 Å². The third-order valence-electron chi connectivity index (χ3n) is 6.74. The molecule has 0 spiro atoms. The summed E-state index contributed by atoms with van der Waals surface area (Å²) in [5.41, 5.74) is 4.15. The van der Waals surface area contributed by atoms with E-state index in [9.17, 15) is 9.59 Å². The van der Waals surface area contributed by atoms with Gasteiger partial charge in [-0.3, -0.25) is 14.7 Å². The summed E-state index contributed by atoms with van der Waals surface area (Å²) < 4.78 is 5.55. The number of hydrogen-bond acceptors (Lipinski definition) is 4. The second-order valence-corrected chi connectivity index (χ2v) is 8.54. The zero-order valence-corrected chi connectivity index (χ0v) is 17.2. The van der Waals surface area contributed by atoms with E-state index >= 15 is 0 Å². The Balaban J connectivity index is 1.24. The minimum Gasteiger partial charge on any atom is -0.368 e. The third kappa shape index (κ3) is 3.62. The van der Waals surface area contributed by atoms with Crippen LogP contribution in [0.5, 0.6) is 0 Å². The second-order valence-electron chi connectivity index (χ2n) is 8.54. The summed E-state index contributed by atoms with van der Waals surface area (Å²) >= 11 is 0. The van der Waals surface area contributed by atoms with Crippen molar-refractivity contribution in [2.24, 2.45) is 0 Å². The molecular formula is C23H28N4O3. The molecule has 0 bridgehead atoms. The van der Waals surface area contributed by atoms with E-state index in [4.69, 9.17) is 4.74 Å². The lowest BCUT2D eigenvalue weighted by Gasteiger charge is -2.33. The lowest BCUT2D eigenvalue weighted by Crippen LogP contribution is -2.43. The quantitative estimate of drug-likeness (QED) is 0.846. The van der Waals surface area contributed by atoms with E-state index in [0.717, 1.165) is 44.3 Å². The number of nitrogens with one attached hydrogen (secondary N) is 1. The molecule has 0 aliphatic carbocycles. The number of piperidine rings is 1. The first-order valence-corrected chi connectivity index (χ1v) is 11.0. The number of H-pyrrole nitrogens is 1. The first-order chi connectivity index (χ1) is 14.7. The summed E-state index contributed by atoms with van der Waals surface area (Å²) in [5, 5.41) is 7.29. The number of hydrogen-bond donors (Lipinski definition) is 1. The van der Waals surface area contributed by atoms with Crippen LogP contribution in [0.3, 0.4) is 0 Å². The number of ether oxygens (including phenoxy) is 1. The smallest absolute Gasteiger partial charge is 0.257 e. The molecule has 5 rings (SSSR count). The van der Waals surface area contributed by atoms with Gasteiger partial charge in [-0.05, 0) is 43.2 Å². The predicted octanol–water partition coefficient (Wildman–Crippen LogP) is 2.49. The van der Waals surface area contributed by atoms with Gasteiger partial charge in [0.05, 0.1) is 17.5 Å². The molecule has 1 atom stereocenters. The minimum absolute atomic E-state index is 0.0473. The summed E-state index contributed by atoms with van der Waals surface area (Å²) in [6, 6.07) is 8.33. The summed E-state index contributed by atoms with van der Waals surface area (Å²) in [6.45, 7) is 3.47. The number of amides is 2. The SMILES string of the molecule is O=C(c1cn[nH]c1C1CCN(C(=O)[C@@H]2CCCO2)CC1)N1CCc2ccccc2C1. The summed E-state index contributed by atoms with van der Waals surface area (Å²) in [5.74, 6) is 0.391. The van der Waals surface area contributed by atoms with Crippen LogP contribution in [0.15, 0.2) is 30.5 Å². The van der Waals surface area contributed by atoms with Crippen LogP contribution in [0.4, 0.5) is 0 Å². The Labute approximate surface area is 176 Å². The van der Waals surface area contributed by atoms with Gasteiger partial charge in [-0.1, -0.05) is 24.3 Å². The van der Waals surface area contributed by atoms with Gasteiger partial charge in [-0.25, -0.2) is 0 Å². The maximum absolute atomic E-state index is 13.3. The zero-order valence-electron chi connectivity index (χ0n) is 17.2. The maximum atomic E-state index is 13.3. The van der Waals surface area contributed by atoms with Gasteiger partial charge < -0.3 is 14.5 Å². The molecule has 30 heavy (non-hydrogen) atoms. The Morgan fingerprint density at radius 1 is 1.03 bits per heavy atom. The van der Waals surface area contributed by atoms with Crippen molar-refractivity contribution < 1.29 is 14.3 Å². The Bertz CT molecular complexity index is 926. The van der Waals surface area contributed by atoms with Crippen molar-refractivity contribution in [3.63, 3.8) is 0 Å². The molecule has 2 fully saturated rings. The highest BCUT2D eigenvalue weighted by Gasteiger charge is 2.33. The van der Waals surface area contributed by atoms with Crippen molar-refractivity contribution in [1.82, 2.24) is 20.0 Å². The molecule has 0 saturated carbocycles. The first-order valence-electron chi connectivity index (χ1n) is 11.0. The first kappa shape index (κ1) is 19.3. The standard InChI is InChI=1S/C23H28N4O3/c28-22(27-12-7-16-4-1-2-5-18(16)15-27)19-14-24-25-21(19)17-8-10-26(11-9-17)23(29)20-6-3-13-30-20/h1-2,4-5,14,17,20H,3,6-13,15H2,(H,24,25)/t20-/m0/s1. The molecule has 3 aliphatic rings. The number of carbonyl (C=O) groups is 2.